The minimum absolute atomic E-state index is 0.745. The molecule has 0 spiro atoms. The molecule has 88 valence electrons. The summed E-state index contributed by atoms with van der Waals surface area (Å²) in [5.41, 5.74) is 1.45. The molecule has 0 aliphatic carbocycles. The van der Waals surface area contributed by atoms with Crippen molar-refractivity contribution in [2.75, 3.05) is 13.1 Å². The molecule has 3 rings (SSSR count). The largest absolute Gasteiger partial charge is 0.310 e. The van der Waals surface area contributed by atoms with Crippen molar-refractivity contribution in [3.05, 3.63) is 20.8 Å². The highest BCUT2D eigenvalue weighted by Gasteiger charge is 2.29. The molecule has 0 radical (unpaired) electrons. The van der Waals surface area contributed by atoms with Gasteiger partial charge in [0, 0.05) is 31.7 Å². The molecule has 2 aliphatic heterocycles. The van der Waals surface area contributed by atoms with Crippen molar-refractivity contribution in [2.45, 2.75) is 37.9 Å². The van der Waals surface area contributed by atoms with E-state index in [0.29, 0.717) is 0 Å². The zero-order chi connectivity index (χ0) is 11.0. The predicted octanol–water partition coefficient (Wildman–Crippen LogP) is 2.84. The molecule has 1 N–H and O–H groups in total. The monoisotopic (exact) mass is 300 g/mol. The topological polar surface area (TPSA) is 15.3 Å². The Kier molecular flexibility index (Phi) is 3.34. The quantitative estimate of drug-likeness (QED) is 0.903. The van der Waals surface area contributed by atoms with Crippen molar-refractivity contribution in [2.24, 2.45) is 0 Å². The Bertz CT molecular complexity index is 366. The first-order chi connectivity index (χ1) is 7.79. The minimum atomic E-state index is 0.745. The first-order valence-electron chi connectivity index (χ1n) is 6.01. The van der Waals surface area contributed by atoms with Gasteiger partial charge in [0.2, 0.25) is 0 Å². The van der Waals surface area contributed by atoms with Crippen LogP contribution in [0.4, 0.5) is 0 Å². The van der Waals surface area contributed by atoms with Crippen molar-refractivity contribution in [3.63, 3.8) is 0 Å². The first-order valence-corrected chi connectivity index (χ1v) is 7.68. The van der Waals surface area contributed by atoms with Gasteiger partial charge in [0.25, 0.3) is 0 Å². The van der Waals surface area contributed by atoms with Gasteiger partial charge >= 0.3 is 0 Å². The van der Waals surface area contributed by atoms with Crippen LogP contribution >= 0.6 is 27.3 Å². The van der Waals surface area contributed by atoms with Crippen LogP contribution in [0.3, 0.4) is 0 Å². The zero-order valence-corrected chi connectivity index (χ0v) is 11.7. The van der Waals surface area contributed by atoms with Crippen LogP contribution < -0.4 is 5.32 Å². The Labute approximate surface area is 109 Å². The number of hydrogen-bond acceptors (Lipinski definition) is 3. The van der Waals surface area contributed by atoms with Gasteiger partial charge < -0.3 is 5.32 Å². The SMILES string of the molecule is Brc1cc(CN2CCC3CCC(C2)N3)cs1. The fourth-order valence-corrected chi connectivity index (χ4v) is 4.05. The average molecular weight is 301 g/mol. The number of thiophene rings is 1. The summed E-state index contributed by atoms with van der Waals surface area (Å²) in [6.45, 7) is 3.60. The molecule has 2 saturated heterocycles. The third-order valence-corrected chi connectivity index (χ3v) is 5.19. The van der Waals surface area contributed by atoms with E-state index in [9.17, 15) is 0 Å². The molecule has 0 saturated carbocycles. The molecule has 2 nitrogen and oxygen atoms in total. The van der Waals surface area contributed by atoms with Gasteiger partial charge in [-0.25, -0.2) is 0 Å². The van der Waals surface area contributed by atoms with Crippen molar-refractivity contribution in [1.82, 2.24) is 10.2 Å². The third-order valence-electron chi connectivity index (χ3n) is 3.64. The van der Waals surface area contributed by atoms with Crippen LogP contribution in [0.25, 0.3) is 0 Å². The van der Waals surface area contributed by atoms with E-state index in [1.807, 2.05) is 0 Å². The van der Waals surface area contributed by atoms with Crippen LogP contribution in [-0.2, 0) is 6.54 Å². The van der Waals surface area contributed by atoms with Gasteiger partial charge in [0.1, 0.15) is 0 Å². The van der Waals surface area contributed by atoms with Gasteiger partial charge in [-0.1, -0.05) is 0 Å². The highest BCUT2D eigenvalue weighted by atomic mass is 79.9. The standard InChI is InChI=1S/C12H17BrN2S/c13-12-5-9(8-16-12)6-15-4-3-10-1-2-11(7-15)14-10/h5,8,10-11,14H,1-4,6-7H2. The molecule has 3 heterocycles. The Balaban J connectivity index is 1.63. The van der Waals surface area contributed by atoms with E-state index in [2.05, 4.69) is 37.6 Å². The first kappa shape index (κ1) is 11.2. The normalized spacial score (nSPS) is 30.6. The number of likely N-dealkylation sites (tertiary alicyclic amines) is 1. The van der Waals surface area contributed by atoms with Crippen LogP contribution in [-0.4, -0.2) is 30.1 Å². The summed E-state index contributed by atoms with van der Waals surface area (Å²) < 4.78 is 1.25. The van der Waals surface area contributed by atoms with Crippen molar-refractivity contribution >= 4 is 27.3 Å². The van der Waals surface area contributed by atoms with Crippen LogP contribution in [0.5, 0.6) is 0 Å². The van der Waals surface area contributed by atoms with Gasteiger partial charge in [-0.05, 0) is 52.2 Å². The summed E-state index contributed by atoms with van der Waals surface area (Å²) in [5.74, 6) is 0. The van der Waals surface area contributed by atoms with Crippen LogP contribution in [0.2, 0.25) is 0 Å². The molecule has 2 aliphatic rings. The lowest BCUT2D eigenvalue weighted by molar-refractivity contribution is 0.251. The van der Waals surface area contributed by atoms with Crippen molar-refractivity contribution in [3.8, 4) is 0 Å². The summed E-state index contributed by atoms with van der Waals surface area (Å²) in [6.07, 6.45) is 4.08. The van der Waals surface area contributed by atoms with Gasteiger partial charge in [-0.3, -0.25) is 4.90 Å². The molecule has 0 aromatic carbocycles. The smallest absolute Gasteiger partial charge is 0.0701 e. The molecule has 1 aromatic rings. The minimum Gasteiger partial charge on any atom is -0.310 e. The molecule has 1 aromatic heterocycles. The third kappa shape index (κ3) is 2.50. The second-order valence-electron chi connectivity index (χ2n) is 4.92. The number of hydrogen-bond donors (Lipinski definition) is 1. The number of rotatable bonds is 2. The van der Waals surface area contributed by atoms with Crippen molar-refractivity contribution in [1.29, 1.82) is 0 Å². The fraction of sp³-hybridized carbons (Fsp3) is 0.667. The Morgan fingerprint density at radius 2 is 2.25 bits per heavy atom. The lowest BCUT2D eigenvalue weighted by Gasteiger charge is -2.23. The molecule has 4 heteroatoms. The summed E-state index contributed by atoms with van der Waals surface area (Å²) in [6, 6.07) is 3.79. The molecule has 16 heavy (non-hydrogen) atoms. The summed E-state index contributed by atoms with van der Waals surface area (Å²) in [4.78, 5) is 2.60. The van der Waals surface area contributed by atoms with Crippen LogP contribution in [0, 0.1) is 0 Å². The Hall–Kier alpha value is 0.1000. The summed E-state index contributed by atoms with van der Waals surface area (Å²) in [7, 11) is 0. The van der Waals surface area contributed by atoms with E-state index in [1.54, 1.807) is 11.3 Å². The summed E-state index contributed by atoms with van der Waals surface area (Å²) in [5, 5.41) is 5.99. The van der Waals surface area contributed by atoms with E-state index in [1.165, 1.54) is 41.7 Å². The lowest BCUT2D eigenvalue weighted by Crippen LogP contribution is -2.34. The number of fused-ring (bicyclic) bond motifs is 2. The summed E-state index contributed by atoms with van der Waals surface area (Å²) >= 11 is 5.32. The molecule has 2 atom stereocenters. The van der Waals surface area contributed by atoms with E-state index < -0.39 is 0 Å². The molecule has 2 bridgehead atoms. The molecule has 0 amide bonds. The fourth-order valence-electron chi connectivity index (χ4n) is 2.85. The maximum atomic E-state index is 3.73. The number of halogens is 1. The molecular formula is C12H17BrN2S. The van der Waals surface area contributed by atoms with Crippen LogP contribution in [0.1, 0.15) is 24.8 Å². The van der Waals surface area contributed by atoms with Crippen molar-refractivity contribution < 1.29 is 0 Å². The zero-order valence-electron chi connectivity index (χ0n) is 9.29. The highest BCUT2D eigenvalue weighted by molar-refractivity contribution is 9.11. The molecule has 2 unspecified atom stereocenters. The Morgan fingerprint density at radius 3 is 3.06 bits per heavy atom. The van der Waals surface area contributed by atoms with Gasteiger partial charge in [-0.15, -0.1) is 11.3 Å². The van der Waals surface area contributed by atoms with Gasteiger partial charge in [0.15, 0.2) is 0 Å². The Morgan fingerprint density at radius 1 is 1.38 bits per heavy atom. The van der Waals surface area contributed by atoms with Crippen LogP contribution in [0.15, 0.2) is 15.2 Å². The van der Waals surface area contributed by atoms with Gasteiger partial charge in [0.05, 0.1) is 3.79 Å². The maximum Gasteiger partial charge on any atom is 0.0701 e. The van der Waals surface area contributed by atoms with E-state index >= 15 is 0 Å². The van der Waals surface area contributed by atoms with Gasteiger partial charge in [-0.2, -0.15) is 0 Å². The highest BCUT2D eigenvalue weighted by Crippen LogP contribution is 2.24. The number of nitrogens with zero attached hydrogens (tertiary/aromatic N) is 1. The predicted molar refractivity (Wildman–Crippen MR) is 71.9 cm³/mol. The van der Waals surface area contributed by atoms with E-state index in [4.69, 9.17) is 0 Å². The lowest BCUT2D eigenvalue weighted by atomic mass is 10.1. The molecule has 2 fully saturated rings. The van der Waals surface area contributed by atoms with E-state index in [-0.39, 0.29) is 0 Å². The van der Waals surface area contributed by atoms with E-state index in [0.717, 1.165) is 18.6 Å². The molecular weight excluding hydrogens is 284 g/mol. The second kappa shape index (κ2) is 4.77. The number of nitrogens with one attached hydrogen (secondary N) is 1. The maximum absolute atomic E-state index is 3.73. The average Bonchev–Trinajstić information content (AvgIpc) is 2.77. The second-order valence-corrected chi connectivity index (χ2v) is 7.21.